The summed E-state index contributed by atoms with van der Waals surface area (Å²) in [5, 5.41) is 9.38. The molecule has 0 saturated carbocycles. The smallest absolute Gasteiger partial charge is 0.329 e. The lowest BCUT2D eigenvalue weighted by atomic mass is 10.0. The van der Waals surface area contributed by atoms with Crippen molar-refractivity contribution in [1.29, 1.82) is 0 Å². The molecule has 46 heavy (non-hydrogen) atoms. The molecule has 0 bridgehead atoms. The molecule has 2 aromatic heterocycles. The first kappa shape index (κ1) is 40.6. The number of ether oxygens (including phenoxy) is 1. The van der Waals surface area contributed by atoms with Crippen LogP contribution in [0.3, 0.4) is 0 Å². The minimum atomic E-state index is -1.11. The van der Waals surface area contributed by atoms with Crippen LogP contribution in [0.5, 0.6) is 0 Å². The molecule has 2 atom stereocenters. The molecule has 2 rings (SSSR count). The van der Waals surface area contributed by atoms with Crippen molar-refractivity contribution in [2.24, 2.45) is 11.8 Å². The number of likely N-dealkylation sites (N-methyl/N-ethyl adjacent to an activating group) is 2. The van der Waals surface area contributed by atoms with Crippen molar-refractivity contribution in [1.82, 2.24) is 18.9 Å². The first-order valence-corrected chi connectivity index (χ1v) is 15.8. The van der Waals surface area contributed by atoms with E-state index in [0.29, 0.717) is 42.5 Å². The van der Waals surface area contributed by atoms with E-state index in [1.807, 2.05) is 65.7 Å². The summed E-state index contributed by atoms with van der Waals surface area (Å²) in [5.41, 5.74) is 0.431. The van der Waals surface area contributed by atoms with Crippen LogP contribution in [0.2, 0.25) is 0 Å². The Morgan fingerprint density at radius 1 is 0.783 bits per heavy atom. The van der Waals surface area contributed by atoms with Gasteiger partial charge in [-0.3, -0.25) is 18.7 Å². The molecule has 2 aromatic rings. The van der Waals surface area contributed by atoms with Crippen molar-refractivity contribution in [2.45, 2.75) is 86.2 Å². The van der Waals surface area contributed by atoms with Crippen LogP contribution in [0.4, 0.5) is 8.78 Å². The number of pyridine rings is 2. The maximum Gasteiger partial charge on any atom is 0.329 e. The van der Waals surface area contributed by atoms with Crippen LogP contribution in [-0.2, 0) is 27.2 Å². The number of rotatable bonds is 15. The predicted octanol–water partition coefficient (Wildman–Crippen LogP) is 4.62. The highest BCUT2D eigenvalue weighted by molar-refractivity contribution is 5.74. The Morgan fingerprint density at radius 2 is 1.15 bits per heavy atom. The monoisotopic (exact) mass is 652 g/mol. The number of carboxylic acids is 1. The van der Waals surface area contributed by atoms with Crippen molar-refractivity contribution >= 4 is 11.9 Å². The van der Waals surface area contributed by atoms with E-state index < -0.39 is 46.8 Å². The second kappa shape index (κ2) is 18.7. The van der Waals surface area contributed by atoms with E-state index in [1.165, 1.54) is 10.8 Å². The Kier molecular flexibility index (Phi) is 16.5. The Bertz CT molecular complexity index is 1430. The fraction of sp³-hybridized carbons (Fsp3) is 0.647. The zero-order chi connectivity index (χ0) is 35.5. The van der Waals surface area contributed by atoms with Gasteiger partial charge in [-0.25, -0.2) is 18.4 Å². The fourth-order valence-electron chi connectivity index (χ4n) is 4.92. The lowest BCUT2D eigenvalue weighted by Crippen LogP contribution is -2.34. The molecule has 0 radical (unpaired) electrons. The second-order valence-corrected chi connectivity index (χ2v) is 13.1. The third-order valence-electron chi connectivity index (χ3n) is 7.62. The molecule has 0 aliphatic heterocycles. The van der Waals surface area contributed by atoms with Gasteiger partial charge in [0.25, 0.3) is 11.1 Å². The minimum absolute atomic E-state index is 0.0857. The van der Waals surface area contributed by atoms with Gasteiger partial charge in [0.05, 0.1) is 6.61 Å². The number of halogens is 2. The summed E-state index contributed by atoms with van der Waals surface area (Å²) in [4.78, 5) is 52.2. The molecule has 2 heterocycles. The Balaban J connectivity index is 0.000000462. The number of carbonyl (C=O) groups is 2. The van der Waals surface area contributed by atoms with E-state index >= 15 is 0 Å². The summed E-state index contributed by atoms with van der Waals surface area (Å²) < 4.78 is 36.0. The molecule has 12 heteroatoms. The third-order valence-corrected chi connectivity index (χ3v) is 7.62. The van der Waals surface area contributed by atoms with E-state index in [0.717, 1.165) is 16.7 Å². The van der Waals surface area contributed by atoms with Crippen LogP contribution >= 0.6 is 0 Å². The number of carboxylic acid groups (broad SMARTS) is 1. The number of aromatic nitrogens is 2. The highest BCUT2D eigenvalue weighted by Gasteiger charge is 2.27. The van der Waals surface area contributed by atoms with Gasteiger partial charge in [-0.1, -0.05) is 27.7 Å². The van der Waals surface area contributed by atoms with Crippen LogP contribution in [-0.4, -0.2) is 83.9 Å². The van der Waals surface area contributed by atoms with Gasteiger partial charge >= 0.3 is 11.9 Å². The van der Waals surface area contributed by atoms with E-state index in [4.69, 9.17) is 4.74 Å². The minimum Gasteiger partial charge on any atom is -0.480 e. The van der Waals surface area contributed by atoms with Gasteiger partial charge in [-0.05, 0) is 109 Å². The molecule has 2 unspecified atom stereocenters. The molecule has 0 fully saturated rings. The highest BCUT2D eigenvalue weighted by Crippen LogP contribution is 2.21. The number of hydrogen-bond acceptors (Lipinski definition) is 7. The van der Waals surface area contributed by atoms with Crippen molar-refractivity contribution in [2.75, 3.05) is 47.9 Å². The fourth-order valence-corrected chi connectivity index (χ4v) is 4.92. The summed E-state index contributed by atoms with van der Waals surface area (Å²) in [7, 11) is 7.67. The topological polar surface area (TPSA) is 114 Å². The summed E-state index contributed by atoms with van der Waals surface area (Å²) in [6, 6.07) is -1.84. The highest BCUT2D eigenvalue weighted by atomic mass is 19.1. The molecule has 0 spiro atoms. The molecule has 0 aromatic carbocycles. The summed E-state index contributed by atoms with van der Waals surface area (Å²) in [6.07, 6.45) is 5.00. The van der Waals surface area contributed by atoms with Crippen molar-refractivity contribution in [3.05, 3.63) is 67.0 Å². The lowest BCUT2D eigenvalue weighted by Gasteiger charge is -2.22. The first-order valence-electron chi connectivity index (χ1n) is 15.8. The van der Waals surface area contributed by atoms with Crippen molar-refractivity contribution in [3.63, 3.8) is 0 Å². The van der Waals surface area contributed by atoms with Gasteiger partial charge in [0.15, 0.2) is 11.6 Å². The van der Waals surface area contributed by atoms with Crippen LogP contribution < -0.4 is 11.1 Å². The van der Waals surface area contributed by atoms with Gasteiger partial charge in [0.2, 0.25) is 0 Å². The lowest BCUT2D eigenvalue weighted by molar-refractivity contribution is -0.148. The van der Waals surface area contributed by atoms with Gasteiger partial charge in [0.1, 0.15) is 12.1 Å². The van der Waals surface area contributed by atoms with Crippen molar-refractivity contribution in [3.8, 4) is 0 Å². The summed E-state index contributed by atoms with van der Waals surface area (Å²) >= 11 is 0. The maximum atomic E-state index is 14.4. The van der Waals surface area contributed by atoms with Crippen LogP contribution in [0.15, 0.2) is 22.0 Å². The quantitative estimate of drug-likeness (QED) is 0.278. The van der Waals surface area contributed by atoms with Gasteiger partial charge in [-0.2, -0.15) is 0 Å². The van der Waals surface area contributed by atoms with Crippen LogP contribution in [0.25, 0.3) is 0 Å². The molecule has 0 aliphatic rings. The van der Waals surface area contributed by atoms with Gasteiger partial charge < -0.3 is 19.6 Å². The zero-order valence-corrected chi connectivity index (χ0v) is 29.4. The summed E-state index contributed by atoms with van der Waals surface area (Å²) in [6.45, 7) is 14.2. The largest absolute Gasteiger partial charge is 0.480 e. The Morgan fingerprint density at radius 3 is 1.48 bits per heavy atom. The van der Waals surface area contributed by atoms with E-state index in [-0.39, 0.29) is 24.9 Å². The molecular formula is C34H54F2N4O6. The number of carbonyl (C=O) groups excluding carboxylic acids is 1. The number of esters is 1. The van der Waals surface area contributed by atoms with Gasteiger partial charge in [0, 0.05) is 25.5 Å². The van der Waals surface area contributed by atoms with E-state index in [9.17, 15) is 33.1 Å². The average Bonchev–Trinajstić information content (AvgIpc) is 2.96. The molecule has 1 N–H and O–H groups in total. The molecule has 0 saturated heterocycles. The number of nitrogens with zero attached hydrogens (tertiary/aromatic N) is 4. The number of aliphatic carboxylic acids is 1. The Hall–Kier alpha value is -3.38. The predicted molar refractivity (Wildman–Crippen MR) is 177 cm³/mol. The van der Waals surface area contributed by atoms with Gasteiger partial charge in [-0.15, -0.1) is 0 Å². The van der Waals surface area contributed by atoms with E-state index in [1.54, 1.807) is 27.0 Å². The molecule has 10 nitrogen and oxygen atoms in total. The summed E-state index contributed by atoms with van der Waals surface area (Å²) in [5.74, 6) is -2.99. The molecule has 260 valence electrons. The molecule has 0 aliphatic carbocycles. The first-order chi connectivity index (χ1) is 21.3. The zero-order valence-electron chi connectivity index (χ0n) is 29.4. The number of hydrogen-bond donors (Lipinski definition) is 1. The maximum absolute atomic E-state index is 14.4. The van der Waals surface area contributed by atoms with E-state index in [2.05, 4.69) is 0 Å². The third kappa shape index (κ3) is 11.8. The average molecular weight is 653 g/mol. The Labute approximate surface area is 272 Å². The molecule has 0 amide bonds. The van der Waals surface area contributed by atoms with Crippen molar-refractivity contribution < 1.29 is 28.2 Å². The standard InChI is InChI=1S/C18H29FN2O3.C16H25FN2O3/c1-7-24-18(23)15(10-12(2)3)21-11-14(8-9-20(5)6)13(4)16(19)17(21)22;1-10(2)8-13(16(21)22)19-9-12(6-7-18(4)5)11(3)14(17)15(19)20/h11-12,15H,7-10H2,1-6H3;9-10,13H,6-8H2,1-5H3,(H,21,22). The normalized spacial score (nSPS) is 12.8. The second-order valence-electron chi connectivity index (χ2n) is 13.1. The van der Waals surface area contributed by atoms with Crippen LogP contribution in [0, 0.1) is 37.3 Å². The molecular weight excluding hydrogens is 598 g/mol. The van der Waals surface area contributed by atoms with Crippen LogP contribution in [0.1, 0.15) is 81.8 Å². The SMILES string of the molecule is CCOC(=O)C(CC(C)C)n1cc(CCN(C)C)c(C)c(F)c1=O.Cc1c(CCN(C)C)cn(C(CC(C)C)C(=O)O)c(=O)c1F.